The maximum atomic E-state index is 13.1. The first-order valence-corrected chi connectivity index (χ1v) is 29.0. The summed E-state index contributed by atoms with van der Waals surface area (Å²) >= 11 is 0. The summed E-state index contributed by atoms with van der Waals surface area (Å²) in [5.41, 5.74) is 5.93. The Morgan fingerprint density at radius 2 is 1.11 bits per heavy atom. The van der Waals surface area contributed by atoms with Crippen LogP contribution in [0, 0.1) is 54.4 Å². The molecule has 0 aliphatic carbocycles. The molecule has 1 amide bonds. The van der Waals surface area contributed by atoms with E-state index in [9.17, 15) is 30.0 Å². The molecule has 3 N–H and O–H groups in total. The lowest BCUT2D eigenvalue weighted by Gasteiger charge is -2.35. The van der Waals surface area contributed by atoms with Gasteiger partial charge in [0.25, 0.3) is 9.05 Å². The van der Waals surface area contributed by atoms with Crippen LogP contribution >= 0.6 is 23.1 Å². The number of aromatic nitrogens is 1. The number of sulfonamides is 2. The molecule has 75 heavy (non-hydrogen) atoms. The zero-order valence-electron chi connectivity index (χ0n) is 45.9. The van der Waals surface area contributed by atoms with Gasteiger partial charge < -0.3 is 44.3 Å². The first kappa shape index (κ1) is 68.7. The van der Waals surface area contributed by atoms with E-state index in [1.54, 1.807) is 111 Å². The minimum Gasteiger partial charge on any atom is -0.497 e. The molecule has 24 heteroatoms. The molecular weight excluding hydrogens is 1070 g/mol. The topological polar surface area (TPSA) is 235 Å². The van der Waals surface area contributed by atoms with Crippen molar-refractivity contribution >= 4 is 63.8 Å². The molecular formula is C51H80Cl2N6O13S3. The van der Waals surface area contributed by atoms with Gasteiger partial charge in [-0.3, -0.25) is 9.78 Å². The number of likely N-dealkylation sites (N-methyl/N-ethyl adjacent to an activating group) is 4. The molecule has 424 valence electrons. The predicted octanol–water partition coefficient (Wildman–Crippen LogP) is 5.81. The standard InChI is InChI=1S/C27H40N4O5S.C12H19NO4S.C9H11ClO3S.C3H9NO.ClH/c1-20-15-25(35-6)16-21(2)27(20)37(33,34)30(5)13-14-36-19-26(32)29(4)18-23-8-11-31(12-9-23)24-7-10-28-22(3)17-24;1-9-7-11(17-4)8-10(2)12(9)18(15,16)13(3)5-6-14;1-6-4-8(13-3)5-7(2)9(6)14(10,11)12;1-4-2-3-5;/h7,10,15-17,23H,8-9,11-14,18-19H2,1-6H3;7-8,14H,5-6H2,1-4H3;4-5H,1-3H3;4-5H,2-3H2,1H3;1H. The monoisotopic (exact) mass is 1150 g/mol. The van der Waals surface area contributed by atoms with Gasteiger partial charge in [0.05, 0.1) is 55.8 Å². The third-order valence-corrected chi connectivity index (χ3v) is 17.9. The van der Waals surface area contributed by atoms with Gasteiger partial charge in [0.2, 0.25) is 26.0 Å². The number of ether oxygens (including phenoxy) is 4. The summed E-state index contributed by atoms with van der Waals surface area (Å²) in [5, 5.41) is 19.6. The fourth-order valence-electron chi connectivity index (χ4n) is 8.14. The van der Waals surface area contributed by atoms with Crippen molar-refractivity contribution in [3.8, 4) is 17.2 Å². The Bertz CT molecular complexity index is 2710. The number of methoxy groups -OCH3 is 3. The zero-order chi connectivity index (χ0) is 56.1. The molecule has 0 bridgehead atoms. The lowest BCUT2D eigenvalue weighted by Crippen LogP contribution is -2.40. The number of aliphatic hydroxyl groups excluding tert-OH is 2. The van der Waals surface area contributed by atoms with E-state index in [4.69, 9.17) is 39.8 Å². The van der Waals surface area contributed by atoms with Gasteiger partial charge in [-0.25, -0.2) is 25.3 Å². The second-order valence-electron chi connectivity index (χ2n) is 17.8. The second kappa shape index (κ2) is 32.4. The third kappa shape index (κ3) is 20.9. The van der Waals surface area contributed by atoms with Crippen LogP contribution in [0.1, 0.15) is 51.9 Å². The molecule has 0 radical (unpaired) electrons. The summed E-state index contributed by atoms with van der Waals surface area (Å²) in [7, 11) is 5.57. The Hall–Kier alpha value is -4.33. The lowest BCUT2D eigenvalue weighted by atomic mass is 9.96. The molecule has 1 saturated heterocycles. The Balaban J connectivity index is 0.000000611. The number of nitrogens with zero attached hydrogens (tertiary/aromatic N) is 5. The van der Waals surface area contributed by atoms with Crippen molar-refractivity contribution in [1.82, 2.24) is 23.8 Å². The molecule has 0 spiro atoms. The number of aryl methyl sites for hydroxylation is 7. The van der Waals surface area contributed by atoms with Crippen LogP contribution in [0.15, 0.2) is 69.4 Å². The molecule has 0 saturated carbocycles. The van der Waals surface area contributed by atoms with Gasteiger partial charge in [0.1, 0.15) is 23.9 Å². The summed E-state index contributed by atoms with van der Waals surface area (Å²) in [5.74, 6) is 2.23. The van der Waals surface area contributed by atoms with E-state index in [1.807, 2.05) is 19.2 Å². The Morgan fingerprint density at radius 3 is 1.45 bits per heavy atom. The highest BCUT2D eigenvalue weighted by atomic mass is 35.7. The van der Waals surface area contributed by atoms with Gasteiger partial charge in [-0.15, -0.1) is 12.4 Å². The highest BCUT2D eigenvalue weighted by molar-refractivity contribution is 8.13. The highest BCUT2D eigenvalue weighted by Gasteiger charge is 2.27. The van der Waals surface area contributed by atoms with Gasteiger partial charge in [-0.1, -0.05) is 0 Å². The fourth-order valence-corrected chi connectivity index (χ4v) is 12.9. The number of nitrogens with one attached hydrogen (secondary N) is 1. The minimum absolute atomic E-state index is 0. The molecule has 1 aliphatic heterocycles. The largest absolute Gasteiger partial charge is 0.497 e. The third-order valence-electron chi connectivity index (χ3n) is 12.0. The number of carbonyl (C=O) groups is 1. The number of halogens is 2. The maximum absolute atomic E-state index is 13.1. The molecule has 19 nitrogen and oxygen atoms in total. The molecule has 1 aromatic heterocycles. The highest BCUT2D eigenvalue weighted by Crippen LogP contribution is 2.31. The average Bonchev–Trinajstić information content (AvgIpc) is 3.32. The van der Waals surface area contributed by atoms with Crippen LogP contribution in [0.5, 0.6) is 17.2 Å². The van der Waals surface area contributed by atoms with Gasteiger partial charge >= 0.3 is 0 Å². The number of hydrogen-bond donors (Lipinski definition) is 3. The van der Waals surface area contributed by atoms with Crippen molar-refractivity contribution < 1.29 is 59.2 Å². The van der Waals surface area contributed by atoms with Crippen LogP contribution in [0.3, 0.4) is 0 Å². The van der Waals surface area contributed by atoms with Crippen LogP contribution in [0.4, 0.5) is 5.69 Å². The van der Waals surface area contributed by atoms with Crippen LogP contribution in [-0.2, 0) is 38.6 Å². The first-order chi connectivity index (χ1) is 34.6. The van der Waals surface area contributed by atoms with E-state index in [1.165, 1.54) is 31.2 Å². The van der Waals surface area contributed by atoms with Gasteiger partial charge in [0.15, 0.2) is 0 Å². The van der Waals surface area contributed by atoms with Gasteiger partial charge in [-0.05, 0) is 156 Å². The molecule has 4 aromatic rings. The number of pyridine rings is 1. The van der Waals surface area contributed by atoms with Crippen molar-refractivity contribution in [2.45, 2.75) is 76.0 Å². The van der Waals surface area contributed by atoms with Crippen molar-refractivity contribution in [2.75, 3.05) is 120 Å². The number of rotatable bonds is 20. The van der Waals surface area contributed by atoms with E-state index in [0.29, 0.717) is 69.6 Å². The van der Waals surface area contributed by atoms with E-state index in [-0.39, 0.29) is 72.5 Å². The summed E-state index contributed by atoms with van der Waals surface area (Å²) in [6, 6.07) is 14.2. The minimum atomic E-state index is -3.69. The van der Waals surface area contributed by atoms with Gasteiger partial charge in [0, 0.05) is 88.7 Å². The number of hydrogen-bond acceptors (Lipinski definition) is 16. The quantitative estimate of drug-likeness (QED) is 0.0700. The van der Waals surface area contributed by atoms with Crippen LogP contribution < -0.4 is 24.4 Å². The number of piperidine rings is 1. The van der Waals surface area contributed by atoms with Gasteiger partial charge in [-0.2, -0.15) is 8.61 Å². The fraction of sp³-hybridized carbons (Fsp3) is 0.529. The number of benzene rings is 3. The smallest absolute Gasteiger partial charge is 0.261 e. The van der Waals surface area contributed by atoms with Crippen LogP contribution in [0.25, 0.3) is 0 Å². The maximum Gasteiger partial charge on any atom is 0.261 e. The van der Waals surface area contributed by atoms with Crippen molar-refractivity contribution in [1.29, 1.82) is 0 Å². The number of amides is 1. The normalized spacial score (nSPS) is 12.8. The second-order valence-corrected chi connectivity index (χ2v) is 24.3. The molecule has 5 rings (SSSR count). The van der Waals surface area contributed by atoms with Crippen molar-refractivity contribution in [3.63, 3.8) is 0 Å². The molecule has 1 aliphatic rings. The van der Waals surface area contributed by atoms with E-state index < -0.39 is 29.1 Å². The molecule has 1 fully saturated rings. The number of aliphatic hydroxyl groups is 2. The molecule has 2 heterocycles. The molecule has 0 atom stereocenters. The molecule has 3 aromatic carbocycles. The lowest BCUT2D eigenvalue weighted by molar-refractivity contribution is -0.135. The van der Waals surface area contributed by atoms with E-state index in [0.717, 1.165) is 35.9 Å². The van der Waals surface area contributed by atoms with Crippen LogP contribution in [-0.4, -0.2) is 175 Å². The van der Waals surface area contributed by atoms with E-state index in [2.05, 4.69) is 21.3 Å². The van der Waals surface area contributed by atoms with Crippen molar-refractivity contribution in [3.05, 3.63) is 93.8 Å². The summed E-state index contributed by atoms with van der Waals surface area (Å²) < 4.78 is 96.6. The number of anilines is 1. The average molecular weight is 1150 g/mol. The molecule has 0 unspecified atom stereocenters. The Morgan fingerprint density at radius 1 is 0.693 bits per heavy atom. The van der Waals surface area contributed by atoms with Crippen molar-refractivity contribution in [2.24, 2.45) is 5.92 Å². The summed E-state index contributed by atoms with van der Waals surface area (Å²) in [4.78, 5) is 21.7. The first-order valence-electron chi connectivity index (χ1n) is 23.8. The predicted molar refractivity (Wildman–Crippen MR) is 298 cm³/mol. The Labute approximate surface area is 457 Å². The van der Waals surface area contributed by atoms with Crippen LogP contribution in [0.2, 0.25) is 0 Å². The SMILES string of the molecule is CNCCO.COc1cc(C)c(S(=O)(=O)Cl)c(C)c1.COc1cc(C)c(S(=O)(=O)N(C)CCO)c(C)c1.COc1cc(C)c(S(=O)(=O)N(C)CCOCC(=O)N(C)CC2CCN(c3ccnc(C)c3)CC2)c(C)c1.Cl. The number of carbonyl (C=O) groups excluding carboxylic acids is 1. The summed E-state index contributed by atoms with van der Waals surface area (Å²) in [6.07, 6.45) is 3.89. The Kier molecular flexibility index (Phi) is 29.7. The zero-order valence-corrected chi connectivity index (χ0v) is 49.9. The summed E-state index contributed by atoms with van der Waals surface area (Å²) in [6.45, 7) is 16.0. The van der Waals surface area contributed by atoms with E-state index >= 15 is 0 Å².